The van der Waals surface area contributed by atoms with E-state index in [0.717, 1.165) is 15.6 Å². The third-order valence-corrected chi connectivity index (χ3v) is 4.60. The zero-order chi connectivity index (χ0) is 15.6. The van der Waals surface area contributed by atoms with Crippen molar-refractivity contribution < 1.29 is 19.1 Å². The Morgan fingerprint density at radius 3 is 2.71 bits per heavy atom. The zero-order valence-electron chi connectivity index (χ0n) is 11.9. The van der Waals surface area contributed by atoms with Gasteiger partial charge in [0.1, 0.15) is 5.82 Å². The molecule has 1 aromatic carbocycles. The van der Waals surface area contributed by atoms with E-state index in [-0.39, 0.29) is 24.7 Å². The molecule has 0 fully saturated rings. The van der Waals surface area contributed by atoms with Gasteiger partial charge in [0.2, 0.25) is 0 Å². The van der Waals surface area contributed by atoms with Crippen LogP contribution in [-0.2, 0) is 4.79 Å². The molecule has 0 bridgehead atoms. The first-order chi connectivity index (χ1) is 9.93. The minimum absolute atomic E-state index is 0.0852. The summed E-state index contributed by atoms with van der Waals surface area (Å²) in [6.07, 6.45) is -0.0852. The number of hydrogen-bond acceptors (Lipinski definition) is 3. The van der Waals surface area contributed by atoms with Crippen LogP contribution in [0.4, 0.5) is 4.39 Å². The van der Waals surface area contributed by atoms with Gasteiger partial charge in [0, 0.05) is 17.8 Å². The lowest BCUT2D eigenvalue weighted by molar-refractivity contribution is -0.137. The molecule has 2 rings (SSSR count). The number of carboxylic acids is 1. The normalized spacial score (nSPS) is 10.8. The topological polar surface area (TPSA) is 57.6 Å². The summed E-state index contributed by atoms with van der Waals surface area (Å²) in [4.78, 5) is 25.2. The molecule has 0 radical (unpaired) electrons. The molecule has 0 aliphatic carbocycles. The molecule has 2 aromatic rings. The Kier molecular flexibility index (Phi) is 4.57. The summed E-state index contributed by atoms with van der Waals surface area (Å²) in [5, 5.41) is 9.59. The molecule has 0 aliphatic heterocycles. The van der Waals surface area contributed by atoms with Crippen molar-refractivity contribution in [1.82, 2.24) is 4.90 Å². The number of carboxylic acid groups (broad SMARTS) is 1. The maximum Gasteiger partial charge on any atom is 0.305 e. The highest BCUT2D eigenvalue weighted by molar-refractivity contribution is 7.21. The molecular formula is C15H16FNO3S. The van der Waals surface area contributed by atoms with E-state index in [1.807, 2.05) is 13.8 Å². The maximum atomic E-state index is 13.3. The van der Waals surface area contributed by atoms with Crippen LogP contribution in [0.25, 0.3) is 10.1 Å². The first-order valence-electron chi connectivity index (χ1n) is 6.63. The second-order valence-electron chi connectivity index (χ2n) is 4.73. The highest BCUT2D eigenvalue weighted by Crippen LogP contribution is 2.32. The van der Waals surface area contributed by atoms with Crippen LogP contribution in [0.15, 0.2) is 18.2 Å². The van der Waals surface area contributed by atoms with Gasteiger partial charge in [0.15, 0.2) is 0 Å². The summed E-state index contributed by atoms with van der Waals surface area (Å²) in [5.41, 5.74) is 0.814. The third kappa shape index (κ3) is 3.21. The number of carbonyl (C=O) groups excluding carboxylic acids is 1. The second kappa shape index (κ2) is 6.22. The van der Waals surface area contributed by atoms with Crippen molar-refractivity contribution in [2.24, 2.45) is 0 Å². The van der Waals surface area contributed by atoms with E-state index in [2.05, 4.69) is 0 Å². The molecule has 0 aliphatic rings. The van der Waals surface area contributed by atoms with E-state index in [0.29, 0.717) is 11.4 Å². The van der Waals surface area contributed by atoms with Crippen LogP contribution in [0, 0.1) is 12.7 Å². The standard InChI is InChI=1S/C15H16FNO3S/c1-3-17(7-6-13(18)19)15(20)14-9(2)11-5-4-10(16)8-12(11)21-14/h4-5,8H,3,6-7H2,1-2H3,(H,18,19). The Balaban J connectivity index is 2.33. The van der Waals surface area contributed by atoms with Crippen molar-refractivity contribution >= 4 is 33.3 Å². The summed E-state index contributed by atoms with van der Waals surface area (Å²) >= 11 is 1.25. The number of fused-ring (bicyclic) bond motifs is 1. The van der Waals surface area contributed by atoms with E-state index >= 15 is 0 Å². The number of aliphatic carboxylic acids is 1. The van der Waals surface area contributed by atoms with Gasteiger partial charge < -0.3 is 10.0 Å². The summed E-state index contributed by atoms with van der Waals surface area (Å²) < 4.78 is 14.0. The average molecular weight is 309 g/mol. The Hall–Kier alpha value is -1.95. The van der Waals surface area contributed by atoms with Crippen LogP contribution in [0.3, 0.4) is 0 Å². The van der Waals surface area contributed by atoms with Crippen molar-refractivity contribution in [2.45, 2.75) is 20.3 Å². The number of carbonyl (C=O) groups is 2. The fourth-order valence-corrected chi connectivity index (χ4v) is 3.38. The molecule has 1 amide bonds. The van der Waals surface area contributed by atoms with Gasteiger partial charge in [-0.05, 0) is 36.9 Å². The zero-order valence-corrected chi connectivity index (χ0v) is 12.7. The highest BCUT2D eigenvalue weighted by atomic mass is 32.1. The molecule has 1 aromatic heterocycles. The Morgan fingerprint density at radius 2 is 2.10 bits per heavy atom. The van der Waals surface area contributed by atoms with Gasteiger partial charge in [-0.25, -0.2) is 4.39 Å². The highest BCUT2D eigenvalue weighted by Gasteiger charge is 2.21. The van der Waals surface area contributed by atoms with Gasteiger partial charge in [0.05, 0.1) is 11.3 Å². The number of halogens is 1. The lowest BCUT2D eigenvalue weighted by Crippen LogP contribution is -2.32. The minimum atomic E-state index is -0.934. The lowest BCUT2D eigenvalue weighted by atomic mass is 10.1. The number of hydrogen-bond donors (Lipinski definition) is 1. The molecule has 4 nitrogen and oxygen atoms in total. The minimum Gasteiger partial charge on any atom is -0.481 e. The summed E-state index contributed by atoms with van der Waals surface area (Å²) in [6, 6.07) is 4.45. The summed E-state index contributed by atoms with van der Waals surface area (Å²) in [7, 11) is 0. The van der Waals surface area contributed by atoms with Gasteiger partial charge in [-0.1, -0.05) is 6.07 Å². The first kappa shape index (κ1) is 15.4. The van der Waals surface area contributed by atoms with Crippen molar-refractivity contribution in [3.8, 4) is 0 Å². The van der Waals surface area contributed by atoms with Crippen LogP contribution >= 0.6 is 11.3 Å². The van der Waals surface area contributed by atoms with Gasteiger partial charge in [-0.3, -0.25) is 9.59 Å². The largest absolute Gasteiger partial charge is 0.481 e. The van der Waals surface area contributed by atoms with E-state index < -0.39 is 5.97 Å². The number of nitrogens with zero attached hydrogens (tertiary/aromatic N) is 1. The Labute approximate surface area is 125 Å². The van der Waals surface area contributed by atoms with Gasteiger partial charge in [-0.15, -0.1) is 11.3 Å². The summed E-state index contributed by atoms with van der Waals surface area (Å²) in [6.45, 7) is 4.25. The van der Waals surface area contributed by atoms with E-state index in [1.54, 1.807) is 6.07 Å². The van der Waals surface area contributed by atoms with Crippen LogP contribution in [0.2, 0.25) is 0 Å². The molecule has 0 unspecified atom stereocenters. The van der Waals surface area contributed by atoms with Crippen molar-refractivity contribution in [3.63, 3.8) is 0 Å². The van der Waals surface area contributed by atoms with Crippen LogP contribution in [0.5, 0.6) is 0 Å². The van der Waals surface area contributed by atoms with Crippen LogP contribution < -0.4 is 0 Å². The van der Waals surface area contributed by atoms with Crippen molar-refractivity contribution in [3.05, 3.63) is 34.5 Å². The third-order valence-electron chi connectivity index (χ3n) is 3.36. The van der Waals surface area contributed by atoms with Crippen LogP contribution in [0.1, 0.15) is 28.6 Å². The van der Waals surface area contributed by atoms with Gasteiger partial charge in [0.25, 0.3) is 5.91 Å². The second-order valence-corrected chi connectivity index (χ2v) is 5.78. The molecule has 0 atom stereocenters. The molecule has 1 heterocycles. The monoisotopic (exact) mass is 309 g/mol. The molecule has 0 spiro atoms. The van der Waals surface area contributed by atoms with E-state index in [1.165, 1.54) is 28.4 Å². The SMILES string of the molecule is CCN(CCC(=O)O)C(=O)c1sc2cc(F)ccc2c1C. The number of amides is 1. The Bertz CT molecular complexity index is 696. The average Bonchev–Trinajstić information content (AvgIpc) is 2.75. The number of thiophene rings is 1. The van der Waals surface area contributed by atoms with E-state index in [4.69, 9.17) is 5.11 Å². The fraction of sp³-hybridized carbons (Fsp3) is 0.333. The Morgan fingerprint density at radius 1 is 1.38 bits per heavy atom. The number of benzene rings is 1. The maximum absolute atomic E-state index is 13.3. The quantitative estimate of drug-likeness (QED) is 0.922. The molecule has 21 heavy (non-hydrogen) atoms. The summed E-state index contributed by atoms with van der Waals surface area (Å²) in [5.74, 6) is -1.46. The molecule has 1 N–H and O–H groups in total. The molecule has 0 saturated carbocycles. The molecular weight excluding hydrogens is 293 g/mol. The number of aryl methyl sites for hydroxylation is 1. The lowest BCUT2D eigenvalue weighted by Gasteiger charge is -2.19. The van der Waals surface area contributed by atoms with Gasteiger partial charge >= 0.3 is 5.97 Å². The molecule has 0 saturated heterocycles. The first-order valence-corrected chi connectivity index (χ1v) is 7.45. The predicted molar refractivity (Wildman–Crippen MR) is 80.4 cm³/mol. The van der Waals surface area contributed by atoms with E-state index in [9.17, 15) is 14.0 Å². The smallest absolute Gasteiger partial charge is 0.305 e. The fourth-order valence-electron chi connectivity index (χ4n) is 2.18. The van der Waals surface area contributed by atoms with Gasteiger partial charge in [-0.2, -0.15) is 0 Å². The van der Waals surface area contributed by atoms with Crippen molar-refractivity contribution in [1.29, 1.82) is 0 Å². The van der Waals surface area contributed by atoms with Crippen molar-refractivity contribution in [2.75, 3.05) is 13.1 Å². The van der Waals surface area contributed by atoms with Crippen LogP contribution in [-0.4, -0.2) is 35.0 Å². The molecule has 6 heteroatoms. The number of rotatable bonds is 5. The molecule has 112 valence electrons. The predicted octanol–water partition coefficient (Wildman–Crippen LogP) is 3.29.